The monoisotopic (exact) mass is 593 g/mol. The van der Waals surface area contributed by atoms with Crippen molar-refractivity contribution in [2.75, 3.05) is 4.72 Å². The molecule has 0 aliphatic heterocycles. The molecular weight excluding hydrogens is 565 g/mol. The lowest BCUT2D eigenvalue weighted by Crippen LogP contribution is -2.13. The van der Waals surface area contributed by atoms with Gasteiger partial charge < -0.3 is 0 Å². The van der Waals surface area contributed by atoms with Crippen LogP contribution in [-0.4, -0.2) is 8.42 Å². The molecule has 0 heterocycles. The maximum Gasteiger partial charge on any atom is 0.261 e. The summed E-state index contributed by atoms with van der Waals surface area (Å²) < 4.78 is 28.1. The van der Waals surface area contributed by atoms with Crippen LogP contribution in [0.2, 0.25) is 5.02 Å². The van der Waals surface area contributed by atoms with Crippen LogP contribution in [0.25, 0.3) is 10.8 Å². The Morgan fingerprint density at radius 3 is 2.00 bits per heavy atom. The number of anilines is 1. The van der Waals surface area contributed by atoms with Gasteiger partial charge in [0.1, 0.15) is 0 Å². The minimum Gasteiger partial charge on any atom is -0.280 e. The van der Waals surface area contributed by atoms with Crippen molar-refractivity contribution in [1.82, 2.24) is 0 Å². The third-order valence-corrected chi connectivity index (χ3v) is 7.39. The number of halogens is 2. The maximum atomic E-state index is 12.3. The zero-order valence-corrected chi connectivity index (χ0v) is 23.2. The normalized spacial score (nSPS) is 10.5. The number of hydrogen-bond acceptors (Lipinski definition) is 2. The molecule has 0 saturated carbocycles. The van der Waals surface area contributed by atoms with Crippen LogP contribution in [0.15, 0.2) is 83.8 Å². The fourth-order valence-electron chi connectivity index (χ4n) is 3.01. The molecule has 4 rings (SSSR count). The zero-order chi connectivity index (χ0) is 24.6. The van der Waals surface area contributed by atoms with Crippen LogP contribution < -0.4 is 4.72 Å². The fraction of sp³-hybridized carbons (Fsp3) is 0.185. The first-order chi connectivity index (χ1) is 15.7. The third-order valence-electron chi connectivity index (χ3n) is 4.89. The van der Waals surface area contributed by atoms with Crippen molar-refractivity contribution < 1.29 is 8.42 Å². The van der Waals surface area contributed by atoms with Gasteiger partial charge in [-0.05, 0) is 102 Å². The number of benzene rings is 4. The van der Waals surface area contributed by atoms with E-state index in [1.165, 1.54) is 16.3 Å². The van der Waals surface area contributed by atoms with E-state index in [0.29, 0.717) is 10.7 Å². The predicted octanol–water partition coefficient (Wildman–Crippen LogP) is 8.54. The third kappa shape index (κ3) is 7.73. The molecule has 174 valence electrons. The molecule has 0 unspecified atom stereocenters. The number of fused-ring (bicyclic) bond motifs is 1. The molecule has 0 atom stereocenters. The van der Waals surface area contributed by atoms with Crippen LogP contribution >= 0.6 is 34.2 Å². The summed E-state index contributed by atoms with van der Waals surface area (Å²) in [4.78, 5) is 0.229. The minimum absolute atomic E-state index is 0.229. The van der Waals surface area contributed by atoms with Crippen molar-refractivity contribution in [3.63, 3.8) is 0 Å². The number of sulfonamides is 1. The highest BCUT2D eigenvalue weighted by Gasteiger charge is 2.15. The molecule has 6 heteroatoms. The molecule has 1 N–H and O–H groups in total. The Morgan fingerprint density at radius 1 is 0.788 bits per heavy atom. The van der Waals surface area contributed by atoms with E-state index in [0.717, 1.165) is 14.7 Å². The molecule has 0 aliphatic rings. The van der Waals surface area contributed by atoms with Crippen LogP contribution in [0.3, 0.4) is 0 Å². The number of hydrogen-bond donors (Lipinski definition) is 1. The van der Waals surface area contributed by atoms with Gasteiger partial charge in [0, 0.05) is 8.59 Å². The Balaban J connectivity index is 0.000000249. The highest BCUT2D eigenvalue weighted by Crippen LogP contribution is 2.26. The lowest BCUT2D eigenvalue weighted by molar-refractivity contribution is 0.601. The number of rotatable bonds is 3. The van der Waals surface area contributed by atoms with E-state index in [2.05, 4.69) is 76.7 Å². The average molecular weight is 594 g/mol. The Bertz CT molecular complexity index is 1300. The summed E-state index contributed by atoms with van der Waals surface area (Å²) in [7, 11) is -3.59. The first kappa shape index (κ1) is 27.2. The summed E-state index contributed by atoms with van der Waals surface area (Å²) in [5, 5.41) is 3.19. The molecular formula is C27H29ClINO2S. The van der Waals surface area contributed by atoms with Crippen molar-refractivity contribution in [1.29, 1.82) is 0 Å². The van der Waals surface area contributed by atoms with Gasteiger partial charge in [0.25, 0.3) is 10.0 Å². The largest absolute Gasteiger partial charge is 0.280 e. The molecule has 0 radical (unpaired) electrons. The van der Waals surface area contributed by atoms with E-state index in [1.807, 2.05) is 27.7 Å². The number of aryl methyl sites for hydroxylation is 2. The first-order valence-electron chi connectivity index (χ1n) is 10.7. The maximum absolute atomic E-state index is 12.3. The molecule has 0 spiro atoms. The Hall–Kier alpha value is -2.09. The van der Waals surface area contributed by atoms with Gasteiger partial charge in [0.15, 0.2) is 0 Å². The zero-order valence-electron chi connectivity index (χ0n) is 19.5. The fourth-order valence-corrected chi connectivity index (χ4v) is 4.68. The Kier molecular flexibility index (Phi) is 10.2. The Labute approximate surface area is 216 Å². The van der Waals surface area contributed by atoms with Gasteiger partial charge >= 0.3 is 0 Å². The van der Waals surface area contributed by atoms with Crippen LogP contribution in [0.1, 0.15) is 30.5 Å². The highest BCUT2D eigenvalue weighted by molar-refractivity contribution is 14.1. The van der Waals surface area contributed by atoms with Crippen molar-refractivity contribution in [3.05, 3.63) is 104 Å². The second kappa shape index (κ2) is 12.4. The van der Waals surface area contributed by atoms with Crippen LogP contribution in [0, 0.1) is 24.3 Å². The SMILES string of the molecule is CC.Cc1cc(NS(=O)(=O)c2ccc(I)cc2)cc(Cl)c1C.Cc1ccc2ccccc2c1. The van der Waals surface area contributed by atoms with Gasteiger partial charge in [-0.2, -0.15) is 0 Å². The van der Waals surface area contributed by atoms with E-state index in [4.69, 9.17) is 11.6 Å². The summed E-state index contributed by atoms with van der Waals surface area (Å²) in [5.74, 6) is 0. The number of nitrogens with one attached hydrogen (secondary N) is 1. The van der Waals surface area contributed by atoms with Gasteiger partial charge in [-0.3, -0.25) is 4.72 Å². The van der Waals surface area contributed by atoms with Crippen LogP contribution in [-0.2, 0) is 10.0 Å². The van der Waals surface area contributed by atoms with Crippen molar-refractivity contribution >= 4 is 60.7 Å². The van der Waals surface area contributed by atoms with Gasteiger partial charge in [-0.1, -0.05) is 73.5 Å². The molecule has 0 fully saturated rings. The molecule has 0 aliphatic carbocycles. The summed E-state index contributed by atoms with van der Waals surface area (Å²) in [6.07, 6.45) is 0. The van der Waals surface area contributed by atoms with Gasteiger partial charge in [-0.15, -0.1) is 0 Å². The molecule has 33 heavy (non-hydrogen) atoms. The molecule has 4 aromatic rings. The first-order valence-corrected chi connectivity index (χ1v) is 13.6. The molecule has 0 amide bonds. The van der Waals surface area contributed by atoms with E-state index in [9.17, 15) is 8.42 Å². The van der Waals surface area contributed by atoms with Crippen LogP contribution in [0.5, 0.6) is 0 Å². The average Bonchev–Trinajstić information content (AvgIpc) is 2.79. The van der Waals surface area contributed by atoms with E-state index >= 15 is 0 Å². The molecule has 4 aromatic carbocycles. The quantitative estimate of drug-likeness (QED) is 0.242. The van der Waals surface area contributed by atoms with Gasteiger partial charge in [0.05, 0.1) is 10.6 Å². The summed E-state index contributed by atoms with van der Waals surface area (Å²) in [6.45, 7) is 9.91. The molecule has 0 saturated heterocycles. The lowest BCUT2D eigenvalue weighted by Gasteiger charge is -2.11. The predicted molar refractivity (Wildman–Crippen MR) is 151 cm³/mol. The Morgan fingerprint density at radius 2 is 1.39 bits per heavy atom. The van der Waals surface area contributed by atoms with Crippen molar-refractivity contribution in [2.45, 2.75) is 39.5 Å². The standard InChI is InChI=1S/C14H13ClINO2S.C11H10.C2H6/c1-9-7-12(8-14(15)10(9)2)17-20(18,19)13-5-3-11(16)4-6-13;1-9-6-7-10-4-2-3-5-11(10)8-9;1-2/h3-8,17H,1-2H3;2-8H,1H3;1-2H3. The lowest BCUT2D eigenvalue weighted by atomic mass is 10.1. The molecule has 0 aromatic heterocycles. The van der Waals surface area contributed by atoms with E-state index in [1.54, 1.807) is 36.4 Å². The van der Waals surface area contributed by atoms with Crippen LogP contribution in [0.4, 0.5) is 5.69 Å². The molecule has 0 bridgehead atoms. The van der Waals surface area contributed by atoms with E-state index < -0.39 is 10.0 Å². The second-order valence-corrected chi connectivity index (χ2v) is 10.6. The topological polar surface area (TPSA) is 46.2 Å². The van der Waals surface area contributed by atoms with E-state index in [-0.39, 0.29) is 4.90 Å². The molecule has 3 nitrogen and oxygen atoms in total. The summed E-state index contributed by atoms with van der Waals surface area (Å²) in [5.41, 5.74) is 3.68. The van der Waals surface area contributed by atoms with Crippen molar-refractivity contribution in [3.8, 4) is 0 Å². The minimum atomic E-state index is -3.59. The highest BCUT2D eigenvalue weighted by atomic mass is 127. The smallest absolute Gasteiger partial charge is 0.261 e. The summed E-state index contributed by atoms with van der Waals surface area (Å²) in [6, 6.07) is 25.0. The van der Waals surface area contributed by atoms with Gasteiger partial charge in [0.2, 0.25) is 0 Å². The second-order valence-electron chi connectivity index (χ2n) is 7.31. The van der Waals surface area contributed by atoms with Crippen molar-refractivity contribution in [2.24, 2.45) is 0 Å². The van der Waals surface area contributed by atoms with Gasteiger partial charge in [-0.25, -0.2) is 8.42 Å². The summed E-state index contributed by atoms with van der Waals surface area (Å²) >= 11 is 8.21.